The van der Waals surface area contributed by atoms with Crippen LogP contribution >= 0.6 is 0 Å². The second-order valence-electron chi connectivity index (χ2n) is 12.8. The number of aryl methyl sites for hydroxylation is 2. The van der Waals surface area contributed by atoms with E-state index >= 15 is 0 Å². The van der Waals surface area contributed by atoms with Crippen molar-refractivity contribution in [3.8, 4) is 0 Å². The number of nitrogens with zero attached hydrogens (tertiary/aromatic N) is 2. The molecule has 2 aromatic rings. The van der Waals surface area contributed by atoms with E-state index in [4.69, 9.17) is 0 Å². The van der Waals surface area contributed by atoms with Crippen LogP contribution in [0.4, 0.5) is 0 Å². The fourth-order valence-electron chi connectivity index (χ4n) is 5.39. The van der Waals surface area contributed by atoms with E-state index in [1.165, 1.54) is 117 Å². The summed E-state index contributed by atoms with van der Waals surface area (Å²) in [6, 6.07) is 18.4. The van der Waals surface area contributed by atoms with Gasteiger partial charge in [-0.25, -0.2) is 0 Å². The molecular formula is C45H72N2Pd. The van der Waals surface area contributed by atoms with Gasteiger partial charge in [0, 0.05) is 0 Å². The molecule has 2 aromatic carbocycles. The van der Waals surface area contributed by atoms with Crippen LogP contribution in [0.2, 0.25) is 0 Å². The standard InChI is InChI=1S/C37H54N2.2C4H9.Pd/c1-5-9-13-14-15-17-24-36(35(30-39-38)22-16-10-6-2)37(33-27-25-31(26-28-33)19-11-7-3)34-23-18-21-32(29-34)20-12-8-4;2*1-3-4-2;/h18,21,23,25-29H,5-17,19-20,22,24H2,1-4H3;2*1,3-4H2,2H3;/q;2*-1;+2. The van der Waals surface area contributed by atoms with Crippen LogP contribution in [0.15, 0.2) is 59.7 Å². The summed E-state index contributed by atoms with van der Waals surface area (Å²) in [5.74, 6) is 3.05. The Morgan fingerprint density at radius 1 is 0.583 bits per heavy atom. The van der Waals surface area contributed by atoms with Gasteiger partial charge in [-0.05, 0) is 84.8 Å². The minimum Gasteiger partial charge on any atom is -0.348 e. The zero-order chi connectivity index (χ0) is 35.0. The molecule has 0 saturated heterocycles. The molecule has 48 heavy (non-hydrogen) atoms. The van der Waals surface area contributed by atoms with Crippen molar-refractivity contribution in [1.82, 2.24) is 0 Å². The van der Waals surface area contributed by atoms with Gasteiger partial charge in [0.05, 0.1) is 5.57 Å². The van der Waals surface area contributed by atoms with E-state index in [0.717, 1.165) is 56.9 Å². The molecule has 0 aliphatic rings. The Morgan fingerprint density at radius 3 is 1.62 bits per heavy atom. The van der Waals surface area contributed by atoms with Crippen LogP contribution in [-0.4, -0.2) is 10.7 Å². The van der Waals surface area contributed by atoms with Crippen molar-refractivity contribution < 1.29 is 25.2 Å². The molecule has 0 atom stereocenters. The van der Waals surface area contributed by atoms with Crippen molar-refractivity contribution in [1.29, 1.82) is 0 Å². The van der Waals surface area contributed by atoms with E-state index < -0.39 is 0 Å². The van der Waals surface area contributed by atoms with Gasteiger partial charge in [-0.2, -0.15) is 12.8 Å². The van der Waals surface area contributed by atoms with Gasteiger partial charge in [-0.15, -0.1) is 4.79 Å². The van der Waals surface area contributed by atoms with Gasteiger partial charge in [-0.3, -0.25) is 0 Å². The molecule has 0 bridgehead atoms. The Kier molecular flexibility index (Phi) is 34.9. The summed E-state index contributed by atoms with van der Waals surface area (Å²) >= 11 is 0. The van der Waals surface area contributed by atoms with Gasteiger partial charge in [0.2, 0.25) is 0 Å². The van der Waals surface area contributed by atoms with Crippen molar-refractivity contribution in [2.45, 2.75) is 176 Å². The van der Waals surface area contributed by atoms with E-state index in [1.807, 2.05) is 0 Å². The predicted molar refractivity (Wildman–Crippen MR) is 211 cm³/mol. The first-order valence-corrected chi connectivity index (χ1v) is 19.5. The fraction of sp³-hybridized carbons (Fsp3) is 0.600. The second-order valence-corrected chi connectivity index (χ2v) is 12.8. The Labute approximate surface area is 313 Å². The Hall–Kier alpha value is -2.00. The topological polar surface area (TPSA) is 36.4 Å². The van der Waals surface area contributed by atoms with Crippen LogP contribution in [0.3, 0.4) is 0 Å². The van der Waals surface area contributed by atoms with Crippen LogP contribution < -0.4 is 0 Å². The molecule has 0 saturated carbocycles. The summed E-state index contributed by atoms with van der Waals surface area (Å²) < 4.78 is 0. The molecule has 0 N–H and O–H groups in total. The summed E-state index contributed by atoms with van der Waals surface area (Å²) in [4.78, 5) is 3.46. The SMILES string of the molecule is CCCCCCCCC(C(=C=[N+]=[N-])CCCCC)=C(c1ccc(CCCC)cc1)c1cccc(CCCC)c1.[CH2-]CCC.[CH2-]CCC.[Pd+2]. The number of hydrogen-bond donors (Lipinski definition) is 0. The van der Waals surface area contributed by atoms with Crippen molar-refractivity contribution in [3.63, 3.8) is 0 Å². The van der Waals surface area contributed by atoms with Gasteiger partial charge >= 0.3 is 26.3 Å². The maximum Gasteiger partial charge on any atom is 2.00 e. The molecule has 3 heteroatoms. The molecule has 2 rings (SSSR count). The number of benzene rings is 2. The summed E-state index contributed by atoms with van der Waals surface area (Å²) in [5, 5.41) is 0. The molecule has 2 nitrogen and oxygen atoms in total. The third-order valence-electron chi connectivity index (χ3n) is 8.47. The normalized spacial score (nSPS) is 10.7. The number of rotatable bonds is 22. The number of unbranched alkanes of at least 4 members (excludes halogenated alkanes) is 11. The van der Waals surface area contributed by atoms with Gasteiger partial charge < -0.3 is 19.4 Å². The summed E-state index contributed by atoms with van der Waals surface area (Å²) in [5.41, 5.74) is 18.7. The Bertz CT molecular complexity index is 1130. The molecule has 0 heterocycles. The predicted octanol–water partition coefficient (Wildman–Crippen LogP) is 14.6. The van der Waals surface area contributed by atoms with Crippen LogP contribution in [0, 0.1) is 13.8 Å². The summed E-state index contributed by atoms with van der Waals surface area (Å²) in [6.07, 6.45) is 24.6. The van der Waals surface area contributed by atoms with E-state index in [1.54, 1.807) is 0 Å². The van der Waals surface area contributed by atoms with E-state index in [0.29, 0.717) is 0 Å². The molecule has 0 unspecified atom stereocenters. The first-order chi connectivity index (χ1) is 23.0. The molecule has 0 aromatic heterocycles. The van der Waals surface area contributed by atoms with Crippen LogP contribution in [0.25, 0.3) is 11.1 Å². The van der Waals surface area contributed by atoms with Crippen LogP contribution in [0.5, 0.6) is 0 Å². The monoisotopic (exact) mass is 746 g/mol. The molecule has 0 aliphatic carbocycles. The second kappa shape index (κ2) is 34.9. The number of hydrogen-bond acceptors (Lipinski definition) is 0. The molecule has 0 spiro atoms. The van der Waals surface area contributed by atoms with Crippen molar-refractivity contribution in [3.05, 3.63) is 101 Å². The first kappa shape index (κ1) is 48.1. The van der Waals surface area contributed by atoms with Crippen molar-refractivity contribution in [2.24, 2.45) is 0 Å². The average molecular weight is 748 g/mol. The molecule has 0 radical (unpaired) electrons. The minimum absolute atomic E-state index is 0. The van der Waals surface area contributed by atoms with E-state index in [-0.39, 0.29) is 20.4 Å². The zero-order valence-electron chi connectivity index (χ0n) is 32.1. The quantitative estimate of drug-likeness (QED) is 0.0219. The fourth-order valence-corrected chi connectivity index (χ4v) is 5.39. The third kappa shape index (κ3) is 22.6. The van der Waals surface area contributed by atoms with Gasteiger partial charge in [-0.1, -0.05) is 161 Å². The van der Waals surface area contributed by atoms with Crippen LogP contribution in [0.1, 0.15) is 186 Å². The summed E-state index contributed by atoms with van der Waals surface area (Å²) in [6.45, 7) is 20.5. The van der Waals surface area contributed by atoms with E-state index in [2.05, 4.69) is 115 Å². The average Bonchev–Trinajstić information content (AvgIpc) is 3.11. The smallest absolute Gasteiger partial charge is 0.348 e. The maximum atomic E-state index is 9.66. The molecule has 0 aliphatic heterocycles. The third-order valence-corrected chi connectivity index (χ3v) is 8.47. The van der Waals surface area contributed by atoms with Gasteiger partial charge in [0.15, 0.2) is 0 Å². The molecule has 272 valence electrons. The van der Waals surface area contributed by atoms with Crippen molar-refractivity contribution >= 4 is 11.4 Å². The largest absolute Gasteiger partial charge is 2.00 e. The molecule has 0 fully saturated rings. The Morgan fingerprint density at radius 2 is 1.08 bits per heavy atom. The zero-order valence-corrected chi connectivity index (χ0v) is 33.6. The molecular weight excluding hydrogens is 675 g/mol. The van der Waals surface area contributed by atoms with Gasteiger partial charge in [0.1, 0.15) is 0 Å². The summed E-state index contributed by atoms with van der Waals surface area (Å²) in [7, 11) is 0. The molecule has 0 amide bonds. The van der Waals surface area contributed by atoms with E-state index in [9.17, 15) is 5.53 Å². The minimum atomic E-state index is 0. The number of allylic oxidation sites excluding steroid dienone is 2. The maximum absolute atomic E-state index is 9.66. The Balaban J connectivity index is 0. The van der Waals surface area contributed by atoms with Crippen molar-refractivity contribution in [2.75, 3.05) is 0 Å². The first-order valence-electron chi connectivity index (χ1n) is 19.5. The van der Waals surface area contributed by atoms with Crippen LogP contribution in [-0.2, 0) is 33.3 Å². The van der Waals surface area contributed by atoms with Gasteiger partial charge in [0.25, 0.3) is 0 Å².